The van der Waals surface area contributed by atoms with Crippen LogP contribution in [0, 0.1) is 0 Å². The van der Waals surface area contributed by atoms with Crippen LogP contribution in [0.1, 0.15) is 25.3 Å². The van der Waals surface area contributed by atoms with Gasteiger partial charge in [0, 0.05) is 17.7 Å². The lowest BCUT2D eigenvalue weighted by molar-refractivity contribution is -0.134. The second kappa shape index (κ2) is 7.46. The van der Waals surface area contributed by atoms with Gasteiger partial charge in [0.2, 0.25) is 0 Å². The van der Waals surface area contributed by atoms with Crippen molar-refractivity contribution < 1.29 is 19.0 Å². The molecule has 4 nitrogen and oxygen atoms in total. The Labute approximate surface area is 114 Å². The number of benzene rings is 1. The van der Waals surface area contributed by atoms with Gasteiger partial charge in [-0.1, -0.05) is 13.3 Å². The highest BCUT2D eigenvalue weighted by Crippen LogP contribution is 2.32. The highest BCUT2D eigenvalue weighted by molar-refractivity contribution is 5.92. The topological polar surface area (TPSA) is 44.8 Å². The summed E-state index contributed by atoms with van der Waals surface area (Å²) in [6, 6.07) is 5.54. The first-order chi connectivity index (χ1) is 9.15. The lowest BCUT2D eigenvalue weighted by Crippen LogP contribution is -1.99. The van der Waals surface area contributed by atoms with Crippen LogP contribution in [0.25, 0.3) is 5.57 Å². The van der Waals surface area contributed by atoms with E-state index in [0.29, 0.717) is 5.75 Å². The maximum Gasteiger partial charge on any atom is 0.330 e. The smallest absolute Gasteiger partial charge is 0.330 e. The van der Waals surface area contributed by atoms with Gasteiger partial charge in [0.25, 0.3) is 0 Å². The molecule has 0 aliphatic rings. The summed E-state index contributed by atoms with van der Waals surface area (Å²) < 4.78 is 15.2. The van der Waals surface area contributed by atoms with E-state index in [9.17, 15) is 4.79 Å². The van der Waals surface area contributed by atoms with E-state index in [-0.39, 0.29) is 5.97 Å². The van der Waals surface area contributed by atoms with E-state index in [2.05, 4.69) is 11.7 Å². The molecule has 0 aromatic heterocycles. The molecule has 0 fully saturated rings. The Balaban J connectivity index is 3.22. The molecule has 1 aromatic rings. The van der Waals surface area contributed by atoms with E-state index in [4.69, 9.17) is 9.47 Å². The SMILES string of the molecule is CCC/C(=C/C(=O)OC)c1ccc(OC)cc1OC. The summed E-state index contributed by atoms with van der Waals surface area (Å²) >= 11 is 0. The number of ether oxygens (including phenoxy) is 3. The third kappa shape index (κ3) is 4.02. The summed E-state index contributed by atoms with van der Waals surface area (Å²) in [6.07, 6.45) is 3.21. The molecule has 4 heteroatoms. The lowest BCUT2D eigenvalue weighted by Gasteiger charge is -2.13. The third-order valence-corrected chi connectivity index (χ3v) is 2.77. The van der Waals surface area contributed by atoms with E-state index < -0.39 is 0 Å². The van der Waals surface area contributed by atoms with Crippen LogP contribution in [0.3, 0.4) is 0 Å². The summed E-state index contributed by atoms with van der Waals surface area (Å²) in [5, 5.41) is 0. The van der Waals surface area contributed by atoms with Gasteiger partial charge in [-0.3, -0.25) is 0 Å². The molecule has 0 saturated carbocycles. The van der Waals surface area contributed by atoms with Crippen LogP contribution in [0.2, 0.25) is 0 Å². The van der Waals surface area contributed by atoms with E-state index in [0.717, 1.165) is 29.7 Å². The number of esters is 1. The monoisotopic (exact) mass is 264 g/mol. The van der Waals surface area contributed by atoms with Crippen molar-refractivity contribution in [3.63, 3.8) is 0 Å². The number of hydrogen-bond acceptors (Lipinski definition) is 4. The van der Waals surface area contributed by atoms with Crippen molar-refractivity contribution in [1.29, 1.82) is 0 Å². The minimum atomic E-state index is -0.360. The lowest BCUT2D eigenvalue weighted by atomic mass is 10.00. The minimum absolute atomic E-state index is 0.360. The van der Waals surface area contributed by atoms with Crippen LogP contribution in [-0.4, -0.2) is 27.3 Å². The Morgan fingerprint density at radius 2 is 1.95 bits per heavy atom. The second-order valence-corrected chi connectivity index (χ2v) is 4.01. The molecule has 0 saturated heterocycles. The number of carbonyl (C=O) groups is 1. The highest BCUT2D eigenvalue weighted by Gasteiger charge is 2.11. The molecule has 1 aromatic carbocycles. The second-order valence-electron chi connectivity index (χ2n) is 4.01. The van der Waals surface area contributed by atoms with Crippen LogP contribution in [0.4, 0.5) is 0 Å². The summed E-state index contributed by atoms with van der Waals surface area (Å²) in [4.78, 5) is 11.4. The standard InChI is InChI=1S/C15H20O4/c1-5-6-11(9-15(16)19-4)13-8-7-12(17-2)10-14(13)18-3/h7-10H,5-6H2,1-4H3/b11-9-. The molecule has 104 valence electrons. The van der Waals surface area contributed by atoms with Gasteiger partial charge in [-0.2, -0.15) is 0 Å². The fraction of sp³-hybridized carbons (Fsp3) is 0.400. The molecule has 0 aliphatic carbocycles. The Hall–Kier alpha value is -1.97. The van der Waals surface area contributed by atoms with Gasteiger partial charge in [0.05, 0.1) is 21.3 Å². The fourth-order valence-electron chi connectivity index (χ4n) is 1.82. The maximum absolute atomic E-state index is 11.4. The van der Waals surface area contributed by atoms with Gasteiger partial charge in [0.1, 0.15) is 11.5 Å². The molecule has 19 heavy (non-hydrogen) atoms. The van der Waals surface area contributed by atoms with Gasteiger partial charge in [0.15, 0.2) is 0 Å². The summed E-state index contributed by atoms with van der Waals surface area (Å²) in [7, 11) is 4.57. The average molecular weight is 264 g/mol. The van der Waals surface area contributed by atoms with Crippen molar-refractivity contribution >= 4 is 11.5 Å². The van der Waals surface area contributed by atoms with Crippen molar-refractivity contribution in [2.75, 3.05) is 21.3 Å². The van der Waals surface area contributed by atoms with Gasteiger partial charge in [-0.15, -0.1) is 0 Å². The van der Waals surface area contributed by atoms with E-state index in [1.807, 2.05) is 12.1 Å². The zero-order valence-electron chi connectivity index (χ0n) is 11.9. The summed E-state index contributed by atoms with van der Waals surface area (Å²) in [5.74, 6) is 1.04. The van der Waals surface area contributed by atoms with Crippen LogP contribution in [-0.2, 0) is 9.53 Å². The van der Waals surface area contributed by atoms with Gasteiger partial charge in [-0.25, -0.2) is 4.79 Å². The molecule has 0 amide bonds. The van der Waals surface area contributed by atoms with Gasteiger partial charge < -0.3 is 14.2 Å². The number of carbonyl (C=O) groups excluding carboxylic acids is 1. The van der Waals surface area contributed by atoms with Crippen molar-refractivity contribution in [2.45, 2.75) is 19.8 Å². The Morgan fingerprint density at radius 1 is 1.21 bits per heavy atom. The van der Waals surface area contributed by atoms with Gasteiger partial charge >= 0.3 is 5.97 Å². The molecule has 0 spiro atoms. The highest BCUT2D eigenvalue weighted by atomic mass is 16.5. The van der Waals surface area contributed by atoms with Crippen molar-refractivity contribution in [3.05, 3.63) is 29.8 Å². The maximum atomic E-state index is 11.4. The zero-order valence-corrected chi connectivity index (χ0v) is 11.9. The fourth-order valence-corrected chi connectivity index (χ4v) is 1.82. The van der Waals surface area contributed by atoms with Crippen molar-refractivity contribution in [1.82, 2.24) is 0 Å². The Morgan fingerprint density at radius 3 is 2.47 bits per heavy atom. The quantitative estimate of drug-likeness (QED) is 0.585. The number of allylic oxidation sites excluding steroid dienone is 1. The normalized spacial score (nSPS) is 11.1. The van der Waals surface area contributed by atoms with Crippen molar-refractivity contribution in [2.24, 2.45) is 0 Å². The Kier molecular flexibility index (Phi) is 5.93. The average Bonchev–Trinajstić information content (AvgIpc) is 2.45. The predicted molar refractivity (Wildman–Crippen MR) is 74.4 cm³/mol. The molecule has 0 atom stereocenters. The summed E-state index contributed by atoms with van der Waals surface area (Å²) in [5.41, 5.74) is 1.78. The first kappa shape index (κ1) is 15.1. The Bertz CT molecular complexity index is 463. The molecule has 0 N–H and O–H groups in total. The van der Waals surface area contributed by atoms with Crippen LogP contribution >= 0.6 is 0 Å². The predicted octanol–water partition coefficient (Wildman–Crippen LogP) is 3.06. The minimum Gasteiger partial charge on any atom is -0.497 e. The first-order valence-electron chi connectivity index (χ1n) is 6.17. The first-order valence-corrected chi connectivity index (χ1v) is 6.17. The number of methoxy groups -OCH3 is 3. The van der Waals surface area contributed by atoms with Gasteiger partial charge in [-0.05, 0) is 24.1 Å². The van der Waals surface area contributed by atoms with E-state index in [1.54, 1.807) is 20.3 Å². The van der Waals surface area contributed by atoms with Crippen LogP contribution < -0.4 is 9.47 Å². The number of hydrogen-bond donors (Lipinski definition) is 0. The van der Waals surface area contributed by atoms with Crippen LogP contribution in [0.5, 0.6) is 11.5 Å². The molecule has 0 bridgehead atoms. The molecule has 0 radical (unpaired) electrons. The molecular weight excluding hydrogens is 244 g/mol. The molecule has 1 rings (SSSR count). The molecule has 0 aliphatic heterocycles. The van der Waals surface area contributed by atoms with Crippen molar-refractivity contribution in [3.8, 4) is 11.5 Å². The summed E-state index contributed by atoms with van der Waals surface area (Å²) in [6.45, 7) is 2.06. The molecular formula is C15H20O4. The molecule has 0 unspecified atom stereocenters. The number of rotatable bonds is 6. The van der Waals surface area contributed by atoms with E-state index >= 15 is 0 Å². The van der Waals surface area contributed by atoms with E-state index in [1.165, 1.54) is 13.2 Å². The third-order valence-electron chi connectivity index (χ3n) is 2.77. The molecule has 0 heterocycles. The van der Waals surface area contributed by atoms with Crippen LogP contribution in [0.15, 0.2) is 24.3 Å². The zero-order chi connectivity index (χ0) is 14.3. The largest absolute Gasteiger partial charge is 0.497 e.